The van der Waals surface area contributed by atoms with Crippen LogP contribution in [-0.4, -0.2) is 53.3 Å². The molecule has 2 amide bonds. The molecular weight excluding hydrogens is 405 g/mol. The topological polar surface area (TPSA) is 52.7 Å². The van der Waals surface area contributed by atoms with Gasteiger partial charge in [0.05, 0.1) is 12.1 Å². The van der Waals surface area contributed by atoms with Crippen molar-refractivity contribution in [3.8, 4) is 0 Å². The lowest BCUT2D eigenvalue weighted by Crippen LogP contribution is -2.53. The van der Waals surface area contributed by atoms with E-state index in [4.69, 9.17) is 0 Å². The first-order valence-electron chi connectivity index (χ1n) is 11.7. The van der Waals surface area contributed by atoms with Crippen LogP contribution in [0.25, 0.3) is 0 Å². The Hall–Kier alpha value is -2.73. The van der Waals surface area contributed by atoms with E-state index in [0.717, 1.165) is 44.3 Å². The largest absolute Gasteiger partial charge is 0.348 e. The number of hydrogen-bond donors (Lipinski definition) is 1. The number of amides is 2. The molecule has 6 heteroatoms. The van der Waals surface area contributed by atoms with Crippen LogP contribution in [-0.2, 0) is 22.6 Å². The van der Waals surface area contributed by atoms with Gasteiger partial charge in [-0.25, -0.2) is 4.39 Å². The highest BCUT2D eigenvalue weighted by Crippen LogP contribution is 2.41. The van der Waals surface area contributed by atoms with Gasteiger partial charge in [-0.15, -0.1) is 0 Å². The van der Waals surface area contributed by atoms with E-state index < -0.39 is 5.54 Å². The van der Waals surface area contributed by atoms with Crippen molar-refractivity contribution in [1.29, 1.82) is 0 Å². The van der Waals surface area contributed by atoms with Gasteiger partial charge in [0, 0.05) is 38.5 Å². The Morgan fingerprint density at radius 3 is 2.78 bits per heavy atom. The fraction of sp³-hybridized carbons (Fsp3) is 0.462. The summed E-state index contributed by atoms with van der Waals surface area (Å²) in [7, 11) is 0. The number of nitrogens with zero attached hydrogens (tertiary/aromatic N) is 2. The van der Waals surface area contributed by atoms with Gasteiger partial charge in [-0.1, -0.05) is 42.8 Å². The van der Waals surface area contributed by atoms with E-state index in [2.05, 4.69) is 28.4 Å². The van der Waals surface area contributed by atoms with Crippen LogP contribution < -0.4 is 5.32 Å². The molecule has 3 aliphatic rings. The van der Waals surface area contributed by atoms with E-state index in [9.17, 15) is 14.0 Å². The van der Waals surface area contributed by atoms with Crippen molar-refractivity contribution < 1.29 is 14.0 Å². The van der Waals surface area contributed by atoms with E-state index in [1.165, 1.54) is 17.2 Å². The maximum atomic E-state index is 14.0. The SMILES string of the molecule is O=C1CCCC[C@]2(CN(C(=O)CN3CCc4ccccc4C3)C[C@H]2c2cccc(F)c2)N1. The van der Waals surface area contributed by atoms with E-state index >= 15 is 0 Å². The molecular formula is C26H30FN3O2. The maximum absolute atomic E-state index is 14.0. The standard InChI is InChI=1S/C26H30FN3O2/c27-22-9-5-8-20(14-22)23-16-30(18-26(23)12-4-3-10-24(31)28-26)25(32)17-29-13-11-19-6-1-2-7-21(19)15-29/h1-2,5-9,14,23H,3-4,10-13,15-18H2,(H,28,31)/t23-,26+/m0/s1. The lowest BCUT2D eigenvalue weighted by Gasteiger charge is -2.35. The molecule has 2 aromatic rings. The van der Waals surface area contributed by atoms with Gasteiger partial charge in [-0.2, -0.15) is 0 Å². The second kappa shape index (κ2) is 8.66. The molecule has 0 bridgehead atoms. The molecule has 2 aromatic carbocycles. The summed E-state index contributed by atoms with van der Waals surface area (Å²) in [6.45, 7) is 3.02. The van der Waals surface area contributed by atoms with E-state index in [1.807, 2.05) is 17.0 Å². The Labute approximate surface area is 188 Å². The van der Waals surface area contributed by atoms with Gasteiger partial charge in [0.15, 0.2) is 0 Å². The summed E-state index contributed by atoms with van der Waals surface area (Å²) in [5, 5.41) is 3.25. The predicted molar refractivity (Wildman–Crippen MR) is 120 cm³/mol. The van der Waals surface area contributed by atoms with E-state index in [0.29, 0.717) is 26.1 Å². The summed E-state index contributed by atoms with van der Waals surface area (Å²) < 4.78 is 14.0. The molecule has 0 unspecified atom stereocenters. The summed E-state index contributed by atoms with van der Waals surface area (Å²) in [4.78, 5) is 30.0. The molecule has 5 rings (SSSR count). The Balaban J connectivity index is 1.35. The van der Waals surface area contributed by atoms with Crippen LogP contribution in [0.4, 0.5) is 4.39 Å². The van der Waals surface area contributed by atoms with Gasteiger partial charge >= 0.3 is 0 Å². The fourth-order valence-corrected chi connectivity index (χ4v) is 5.74. The third-order valence-corrected chi connectivity index (χ3v) is 7.38. The summed E-state index contributed by atoms with van der Waals surface area (Å²) in [6.07, 6.45) is 4.05. The number of carbonyl (C=O) groups is 2. The van der Waals surface area contributed by atoms with Crippen molar-refractivity contribution in [2.45, 2.75) is 50.1 Å². The van der Waals surface area contributed by atoms with Crippen molar-refractivity contribution in [2.24, 2.45) is 0 Å². The number of likely N-dealkylation sites (tertiary alicyclic amines) is 1. The van der Waals surface area contributed by atoms with Crippen LogP contribution in [0.15, 0.2) is 48.5 Å². The highest BCUT2D eigenvalue weighted by Gasteiger charge is 2.50. The van der Waals surface area contributed by atoms with Crippen LogP contribution in [0.1, 0.15) is 48.3 Å². The zero-order valence-corrected chi connectivity index (χ0v) is 18.4. The lowest BCUT2D eigenvalue weighted by molar-refractivity contribution is -0.132. The molecule has 2 saturated heterocycles. The smallest absolute Gasteiger partial charge is 0.236 e. The average Bonchev–Trinajstić information content (AvgIpc) is 3.05. The van der Waals surface area contributed by atoms with Gasteiger partial charge in [0.2, 0.25) is 11.8 Å². The monoisotopic (exact) mass is 435 g/mol. The van der Waals surface area contributed by atoms with Gasteiger partial charge < -0.3 is 10.2 Å². The second-order valence-electron chi connectivity index (χ2n) is 9.52. The van der Waals surface area contributed by atoms with Crippen molar-refractivity contribution in [2.75, 3.05) is 26.2 Å². The first kappa shape index (κ1) is 21.1. The van der Waals surface area contributed by atoms with Crippen molar-refractivity contribution in [1.82, 2.24) is 15.1 Å². The van der Waals surface area contributed by atoms with Crippen LogP contribution in [0, 0.1) is 5.82 Å². The minimum Gasteiger partial charge on any atom is -0.348 e. The van der Waals surface area contributed by atoms with E-state index in [-0.39, 0.29) is 23.5 Å². The number of rotatable bonds is 3. The van der Waals surface area contributed by atoms with Gasteiger partial charge in [0.25, 0.3) is 0 Å². The third-order valence-electron chi connectivity index (χ3n) is 7.38. The van der Waals surface area contributed by atoms with Crippen LogP contribution in [0.3, 0.4) is 0 Å². The number of halogens is 1. The summed E-state index contributed by atoms with van der Waals surface area (Å²) in [5.74, 6) is -0.271. The molecule has 1 spiro atoms. The molecule has 0 saturated carbocycles. The normalized spacial score (nSPS) is 26.0. The van der Waals surface area contributed by atoms with Gasteiger partial charge in [-0.05, 0) is 48.1 Å². The summed E-state index contributed by atoms with van der Waals surface area (Å²) in [5.41, 5.74) is 2.99. The lowest BCUT2D eigenvalue weighted by atomic mass is 9.79. The highest BCUT2D eigenvalue weighted by molar-refractivity contribution is 5.80. The van der Waals surface area contributed by atoms with E-state index in [1.54, 1.807) is 12.1 Å². The third kappa shape index (κ3) is 4.16. The summed E-state index contributed by atoms with van der Waals surface area (Å²) in [6, 6.07) is 15.0. The zero-order chi connectivity index (χ0) is 22.1. The minimum absolute atomic E-state index is 0.0332. The number of benzene rings is 2. The minimum atomic E-state index is -0.522. The molecule has 1 N–H and O–H groups in total. The van der Waals surface area contributed by atoms with Crippen molar-refractivity contribution in [3.63, 3.8) is 0 Å². The highest BCUT2D eigenvalue weighted by atomic mass is 19.1. The average molecular weight is 436 g/mol. The molecule has 2 atom stereocenters. The van der Waals surface area contributed by atoms with Crippen molar-refractivity contribution in [3.05, 3.63) is 71.0 Å². The predicted octanol–water partition coefficient (Wildman–Crippen LogP) is 3.24. The van der Waals surface area contributed by atoms with Gasteiger partial charge in [0.1, 0.15) is 5.82 Å². The first-order valence-corrected chi connectivity index (χ1v) is 11.7. The Morgan fingerprint density at radius 1 is 1.09 bits per heavy atom. The molecule has 5 nitrogen and oxygen atoms in total. The number of carbonyl (C=O) groups excluding carboxylic acids is 2. The number of nitrogens with one attached hydrogen (secondary N) is 1. The molecule has 3 aliphatic heterocycles. The Kier molecular flexibility index (Phi) is 5.72. The fourth-order valence-electron chi connectivity index (χ4n) is 5.74. The maximum Gasteiger partial charge on any atom is 0.236 e. The molecule has 0 aliphatic carbocycles. The molecule has 0 aromatic heterocycles. The summed E-state index contributed by atoms with van der Waals surface area (Å²) >= 11 is 0. The first-order chi connectivity index (χ1) is 15.5. The molecule has 168 valence electrons. The Bertz CT molecular complexity index is 1030. The van der Waals surface area contributed by atoms with Crippen LogP contribution in [0.5, 0.6) is 0 Å². The van der Waals surface area contributed by atoms with Gasteiger partial charge in [-0.3, -0.25) is 14.5 Å². The number of fused-ring (bicyclic) bond motifs is 1. The second-order valence-corrected chi connectivity index (χ2v) is 9.52. The molecule has 32 heavy (non-hydrogen) atoms. The van der Waals surface area contributed by atoms with Crippen LogP contribution >= 0.6 is 0 Å². The Morgan fingerprint density at radius 2 is 1.94 bits per heavy atom. The zero-order valence-electron chi connectivity index (χ0n) is 18.4. The number of hydrogen-bond acceptors (Lipinski definition) is 3. The molecule has 2 fully saturated rings. The molecule has 3 heterocycles. The van der Waals surface area contributed by atoms with Crippen LogP contribution in [0.2, 0.25) is 0 Å². The van der Waals surface area contributed by atoms with Crippen molar-refractivity contribution >= 4 is 11.8 Å². The quantitative estimate of drug-likeness (QED) is 0.805. The molecule has 0 radical (unpaired) electrons.